The first-order valence-corrected chi connectivity index (χ1v) is 6.58. The van der Waals surface area contributed by atoms with E-state index in [9.17, 15) is 4.79 Å². The number of halogens is 1. The summed E-state index contributed by atoms with van der Waals surface area (Å²) in [6.07, 6.45) is 0.967. The van der Waals surface area contributed by atoms with Crippen LogP contribution in [-0.2, 0) is 0 Å². The Balaban J connectivity index is 2.20. The van der Waals surface area contributed by atoms with Gasteiger partial charge in [0.1, 0.15) is 0 Å². The van der Waals surface area contributed by atoms with Crippen LogP contribution < -0.4 is 5.73 Å². The number of aryl methyl sites for hydroxylation is 1. The number of hydrogen-bond acceptors (Lipinski definition) is 2. The van der Waals surface area contributed by atoms with E-state index in [1.807, 2.05) is 24.0 Å². The zero-order valence-corrected chi connectivity index (χ0v) is 11.6. The smallest absolute Gasteiger partial charge is 0.254 e. The van der Waals surface area contributed by atoms with Crippen molar-refractivity contribution in [2.75, 3.05) is 19.6 Å². The molecule has 1 heterocycles. The molecule has 1 aromatic rings. The molecule has 0 radical (unpaired) electrons. The second kappa shape index (κ2) is 4.90. The Bertz CT molecular complexity index is 475. The maximum atomic E-state index is 12.5. The molecule has 1 fully saturated rings. The fourth-order valence-electron chi connectivity index (χ4n) is 2.36. The van der Waals surface area contributed by atoms with E-state index in [0.29, 0.717) is 17.1 Å². The molecule has 2 rings (SSSR count). The summed E-state index contributed by atoms with van der Waals surface area (Å²) >= 11 is 5.96. The average molecular weight is 267 g/mol. The summed E-state index contributed by atoms with van der Waals surface area (Å²) in [5, 5.41) is 0.602. The second-order valence-electron chi connectivity index (χ2n) is 5.45. The zero-order chi connectivity index (χ0) is 13.3. The number of nitrogens with zero attached hydrogens (tertiary/aromatic N) is 1. The number of hydrogen-bond donors (Lipinski definition) is 1. The van der Waals surface area contributed by atoms with Gasteiger partial charge in [-0.25, -0.2) is 0 Å². The van der Waals surface area contributed by atoms with Crippen molar-refractivity contribution in [1.29, 1.82) is 0 Å². The number of carbonyl (C=O) groups is 1. The highest BCUT2D eigenvalue weighted by Crippen LogP contribution is 2.30. The van der Waals surface area contributed by atoms with Crippen LogP contribution in [-0.4, -0.2) is 30.4 Å². The Morgan fingerprint density at radius 3 is 2.89 bits per heavy atom. The van der Waals surface area contributed by atoms with E-state index in [2.05, 4.69) is 6.92 Å². The molecule has 1 atom stereocenters. The van der Waals surface area contributed by atoms with Crippen LogP contribution in [0.1, 0.15) is 29.3 Å². The Kier molecular flexibility index (Phi) is 3.64. The minimum Gasteiger partial charge on any atom is -0.338 e. The van der Waals surface area contributed by atoms with Crippen molar-refractivity contribution in [3.05, 3.63) is 34.3 Å². The van der Waals surface area contributed by atoms with Gasteiger partial charge < -0.3 is 10.6 Å². The van der Waals surface area contributed by atoms with Crippen LogP contribution in [0.4, 0.5) is 0 Å². The normalized spacial score (nSPS) is 23.4. The molecular formula is C14H19ClN2O. The van der Waals surface area contributed by atoms with Crippen LogP contribution in [0.2, 0.25) is 5.02 Å². The molecule has 2 N–H and O–H groups in total. The molecule has 0 bridgehead atoms. The molecule has 1 unspecified atom stereocenters. The predicted molar refractivity (Wildman–Crippen MR) is 73.9 cm³/mol. The molecule has 0 aromatic heterocycles. The number of nitrogens with two attached hydrogens (primary N) is 1. The highest BCUT2D eigenvalue weighted by atomic mass is 35.5. The lowest BCUT2D eigenvalue weighted by molar-refractivity contribution is 0.0776. The summed E-state index contributed by atoms with van der Waals surface area (Å²) in [7, 11) is 0. The summed E-state index contributed by atoms with van der Waals surface area (Å²) in [6.45, 7) is 6.19. The largest absolute Gasteiger partial charge is 0.338 e. The van der Waals surface area contributed by atoms with Crippen molar-refractivity contribution >= 4 is 17.5 Å². The van der Waals surface area contributed by atoms with E-state index in [0.717, 1.165) is 25.1 Å². The molecule has 98 valence electrons. The van der Waals surface area contributed by atoms with Crippen LogP contribution in [0, 0.1) is 12.3 Å². The molecule has 0 spiro atoms. The van der Waals surface area contributed by atoms with Gasteiger partial charge in [0.25, 0.3) is 5.91 Å². The standard InChI is InChI=1S/C14H19ClN2O/c1-10-3-4-11(15)7-12(10)13(18)17-6-5-14(2,8-16)9-17/h3-4,7H,5-6,8-9,16H2,1-2H3. The highest BCUT2D eigenvalue weighted by molar-refractivity contribution is 6.31. The first-order valence-electron chi connectivity index (χ1n) is 6.21. The summed E-state index contributed by atoms with van der Waals surface area (Å²) in [6, 6.07) is 5.44. The molecule has 18 heavy (non-hydrogen) atoms. The van der Waals surface area contributed by atoms with Gasteiger partial charge in [0.2, 0.25) is 0 Å². The van der Waals surface area contributed by atoms with Crippen LogP contribution in [0.3, 0.4) is 0 Å². The molecule has 1 saturated heterocycles. The minimum absolute atomic E-state index is 0.0577. The fourth-order valence-corrected chi connectivity index (χ4v) is 2.53. The van der Waals surface area contributed by atoms with E-state index >= 15 is 0 Å². The SMILES string of the molecule is Cc1ccc(Cl)cc1C(=O)N1CCC(C)(CN)C1. The summed E-state index contributed by atoms with van der Waals surface area (Å²) in [5.74, 6) is 0.0622. The highest BCUT2D eigenvalue weighted by Gasteiger charge is 2.35. The van der Waals surface area contributed by atoms with E-state index in [1.165, 1.54) is 0 Å². The van der Waals surface area contributed by atoms with Gasteiger partial charge in [-0.05, 0) is 43.0 Å². The van der Waals surface area contributed by atoms with Gasteiger partial charge in [-0.3, -0.25) is 4.79 Å². The van der Waals surface area contributed by atoms with Gasteiger partial charge >= 0.3 is 0 Å². The first-order chi connectivity index (χ1) is 8.45. The first kappa shape index (κ1) is 13.4. The predicted octanol–water partition coefficient (Wildman–Crippen LogP) is 2.46. The number of likely N-dealkylation sites (tertiary alicyclic amines) is 1. The number of amides is 1. The third kappa shape index (κ3) is 2.52. The van der Waals surface area contributed by atoms with Crippen molar-refractivity contribution in [2.45, 2.75) is 20.3 Å². The zero-order valence-electron chi connectivity index (χ0n) is 10.9. The van der Waals surface area contributed by atoms with Gasteiger partial charge in [0.05, 0.1) is 0 Å². The molecule has 1 aromatic carbocycles. The molecule has 0 aliphatic carbocycles. The third-order valence-electron chi connectivity index (χ3n) is 3.77. The summed E-state index contributed by atoms with van der Waals surface area (Å²) in [5.41, 5.74) is 7.48. The van der Waals surface area contributed by atoms with E-state index in [4.69, 9.17) is 17.3 Å². The lowest BCUT2D eigenvalue weighted by Crippen LogP contribution is -2.34. The Morgan fingerprint density at radius 2 is 2.28 bits per heavy atom. The molecule has 1 aliphatic heterocycles. The Morgan fingerprint density at radius 1 is 1.56 bits per heavy atom. The lowest BCUT2D eigenvalue weighted by atomic mass is 9.90. The van der Waals surface area contributed by atoms with Gasteiger partial charge in [-0.1, -0.05) is 24.6 Å². The van der Waals surface area contributed by atoms with Crippen LogP contribution in [0.5, 0.6) is 0 Å². The molecule has 4 heteroatoms. The average Bonchev–Trinajstić information content (AvgIpc) is 2.75. The van der Waals surface area contributed by atoms with Gasteiger partial charge in [-0.2, -0.15) is 0 Å². The van der Waals surface area contributed by atoms with Crippen LogP contribution >= 0.6 is 11.6 Å². The second-order valence-corrected chi connectivity index (χ2v) is 5.89. The van der Waals surface area contributed by atoms with Crippen LogP contribution in [0.15, 0.2) is 18.2 Å². The van der Waals surface area contributed by atoms with E-state index < -0.39 is 0 Å². The van der Waals surface area contributed by atoms with Crippen molar-refractivity contribution in [1.82, 2.24) is 4.90 Å². The fraction of sp³-hybridized carbons (Fsp3) is 0.500. The third-order valence-corrected chi connectivity index (χ3v) is 4.00. The molecule has 0 saturated carbocycles. The topological polar surface area (TPSA) is 46.3 Å². The van der Waals surface area contributed by atoms with Crippen molar-refractivity contribution in [3.8, 4) is 0 Å². The lowest BCUT2D eigenvalue weighted by Gasteiger charge is -2.23. The van der Waals surface area contributed by atoms with Gasteiger partial charge in [-0.15, -0.1) is 0 Å². The summed E-state index contributed by atoms with van der Waals surface area (Å²) in [4.78, 5) is 14.3. The maximum Gasteiger partial charge on any atom is 0.254 e. The molecular weight excluding hydrogens is 248 g/mol. The Labute approximate surface area is 113 Å². The molecule has 1 aliphatic rings. The van der Waals surface area contributed by atoms with Crippen molar-refractivity contribution in [2.24, 2.45) is 11.1 Å². The van der Waals surface area contributed by atoms with Gasteiger partial charge in [0.15, 0.2) is 0 Å². The van der Waals surface area contributed by atoms with Gasteiger partial charge in [0, 0.05) is 23.7 Å². The molecule has 3 nitrogen and oxygen atoms in total. The number of carbonyl (C=O) groups excluding carboxylic acids is 1. The number of benzene rings is 1. The van der Waals surface area contributed by atoms with Crippen molar-refractivity contribution in [3.63, 3.8) is 0 Å². The van der Waals surface area contributed by atoms with E-state index in [-0.39, 0.29) is 11.3 Å². The van der Waals surface area contributed by atoms with Crippen LogP contribution in [0.25, 0.3) is 0 Å². The minimum atomic E-state index is 0.0577. The molecule has 1 amide bonds. The summed E-state index contributed by atoms with van der Waals surface area (Å²) < 4.78 is 0. The monoisotopic (exact) mass is 266 g/mol. The maximum absolute atomic E-state index is 12.5. The quantitative estimate of drug-likeness (QED) is 0.894. The number of rotatable bonds is 2. The van der Waals surface area contributed by atoms with E-state index in [1.54, 1.807) is 6.07 Å². The van der Waals surface area contributed by atoms with Crippen molar-refractivity contribution < 1.29 is 4.79 Å². The Hall–Kier alpha value is -1.06.